The van der Waals surface area contributed by atoms with Gasteiger partial charge in [0.2, 0.25) is 0 Å². The van der Waals surface area contributed by atoms with Crippen LogP contribution in [0.15, 0.2) is 42.5 Å². The highest BCUT2D eigenvalue weighted by molar-refractivity contribution is 7.80. The van der Waals surface area contributed by atoms with E-state index in [9.17, 15) is 17.6 Å². The Bertz CT molecular complexity index is 702. The Morgan fingerprint density at radius 2 is 1.74 bits per heavy atom. The molecule has 2 aromatic rings. The van der Waals surface area contributed by atoms with Crippen LogP contribution < -0.4 is 10.6 Å². The second-order valence-electron chi connectivity index (χ2n) is 4.63. The average molecular weight is 363 g/mol. The Morgan fingerprint density at radius 1 is 1.09 bits per heavy atom. The molecule has 2 rings (SSSR count). The van der Waals surface area contributed by atoms with Crippen LogP contribution >= 0.6 is 23.8 Å². The highest BCUT2D eigenvalue weighted by Crippen LogP contribution is 2.31. The molecule has 0 aliphatic carbocycles. The maximum absolute atomic E-state index is 13.6. The van der Waals surface area contributed by atoms with Crippen molar-refractivity contribution in [2.24, 2.45) is 0 Å². The molecule has 0 aliphatic rings. The number of nitrogens with one attached hydrogen (secondary N) is 2. The molecule has 0 heterocycles. The number of alkyl halides is 3. The number of thiocarbonyl (C=S) groups is 1. The van der Waals surface area contributed by atoms with Crippen LogP contribution in [0.1, 0.15) is 11.1 Å². The van der Waals surface area contributed by atoms with Gasteiger partial charge < -0.3 is 10.6 Å². The van der Waals surface area contributed by atoms with Crippen molar-refractivity contribution in [1.29, 1.82) is 0 Å². The fraction of sp³-hybridized carbons (Fsp3) is 0.133. The predicted octanol–water partition coefficient (Wildman–Crippen LogP) is 4.98. The van der Waals surface area contributed by atoms with E-state index in [4.69, 9.17) is 23.8 Å². The van der Waals surface area contributed by atoms with E-state index in [1.807, 2.05) is 0 Å². The van der Waals surface area contributed by atoms with Crippen LogP contribution in [0.25, 0.3) is 0 Å². The maximum Gasteiger partial charge on any atom is 0.416 e. The van der Waals surface area contributed by atoms with E-state index in [1.165, 1.54) is 0 Å². The van der Waals surface area contributed by atoms with E-state index in [-0.39, 0.29) is 10.8 Å². The lowest BCUT2D eigenvalue weighted by Gasteiger charge is -2.13. The number of halogens is 5. The molecule has 0 radical (unpaired) electrons. The smallest absolute Gasteiger partial charge is 0.358 e. The van der Waals surface area contributed by atoms with Gasteiger partial charge in [-0.2, -0.15) is 13.2 Å². The van der Waals surface area contributed by atoms with Crippen LogP contribution in [-0.4, -0.2) is 5.11 Å². The molecule has 23 heavy (non-hydrogen) atoms. The average Bonchev–Trinajstić information content (AvgIpc) is 2.48. The van der Waals surface area contributed by atoms with Crippen molar-refractivity contribution in [1.82, 2.24) is 5.32 Å². The van der Waals surface area contributed by atoms with E-state index in [1.54, 1.807) is 24.3 Å². The molecule has 0 fully saturated rings. The molecule has 0 unspecified atom stereocenters. The molecular formula is C15H11ClF4N2S. The van der Waals surface area contributed by atoms with Gasteiger partial charge in [0, 0.05) is 11.6 Å². The van der Waals surface area contributed by atoms with E-state index in [0.717, 1.165) is 11.6 Å². The van der Waals surface area contributed by atoms with Crippen LogP contribution in [0.2, 0.25) is 5.02 Å². The lowest BCUT2D eigenvalue weighted by molar-refractivity contribution is -0.137. The minimum Gasteiger partial charge on any atom is -0.358 e. The Morgan fingerprint density at radius 3 is 2.35 bits per heavy atom. The van der Waals surface area contributed by atoms with Gasteiger partial charge in [-0.15, -0.1) is 0 Å². The van der Waals surface area contributed by atoms with E-state index < -0.39 is 17.6 Å². The Labute approximate surface area is 140 Å². The van der Waals surface area contributed by atoms with Crippen molar-refractivity contribution >= 4 is 34.6 Å². The topological polar surface area (TPSA) is 24.1 Å². The first kappa shape index (κ1) is 17.5. The number of hydrogen-bond donors (Lipinski definition) is 2. The highest BCUT2D eigenvalue weighted by Gasteiger charge is 2.31. The molecule has 0 bridgehead atoms. The second-order valence-corrected chi connectivity index (χ2v) is 5.47. The third-order valence-electron chi connectivity index (χ3n) is 2.91. The van der Waals surface area contributed by atoms with Gasteiger partial charge >= 0.3 is 6.18 Å². The summed E-state index contributed by atoms with van der Waals surface area (Å²) in [7, 11) is 0. The fourth-order valence-corrected chi connectivity index (χ4v) is 2.06. The van der Waals surface area contributed by atoms with Crippen LogP contribution in [0, 0.1) is 5.82 Å². The zero-order chi connectivity index (χ0) is 17.0. The SMILES string of the molecule is Fc1ccc(C(F)(F)F)cc1NC(=S)NCc1ccc(Cl)cc1. The first-order valence-electron chi connectivity index (χ1n) is 6.42. The predicted molar refractivity (Wildman–Crippen MR) is 85.9 cm³/mol. The summed E-state index contributed by atoms with van der Waals surface area (Å²) in [4.78, 5) is 0. The molecule has 0 amide bonds. The molecule has 8 heteroatoms. The van der Waals surface area contributed by atoms with Crippen molar-refractivity contribution in [2.45, 2.75) is 12.7 Å². The van der Waals surface area contributed by atoms with Gasteiger partial charge in [0.05, 0.1) is 11.3 Å². The Balaban J connectivity index is 2.01. The summed E-state index contributed by atoms with van der Waals surface area (Å²) in [6, 6.07) is 9.01. The molecule has 2 aromatic carbocycles. The van der Waals surface area contributed by atoms with Gasteiger partial charge in [-0.3, -0.25) is 0 Å². The summed E-state index contributed by atoms with van der Waals surface area (Å²) in [5, 5.41) is 5.80. The van der Waals surface area contributed by atoms with Crippen LogP contribution in [0.3, 0.4) is 0 Å². The molecule has 2 N–H and O–H groups in total. The van der Waals surface area contributed by atoms with Gasteiger partial charge in [-0.25, -0.2) is 4.39 Å². The molecule has 0 saturated carbocycles. The van der Waals surface area contributed by atoms with Crippen molar-refractivity contribution in [2.75, 3.05) is 5.32 Å². The van der Waals surface area contributed by atoms with E-state index in [0.29, 0.717) is 23.7 Å². The summed E-state index contributed by atoms with van der Waals surface area (Å²) in [5.41, 5.74) is -0.432. The Hall–Kier alpha value is -1.86. The molecule has 2 nitrogen and oxygen atoms in total. The monoisotopic (exact) mass is 362 g/mol. The minimum atomic E-state index is -4.55. The van der Waals surface area contributed by atoms with Gasteiger partial charge in [0.25, 0.3) is 0 Å². The minimum absolute atomic E-state index is 0.0122. The number of rotatable bonds is 3. The van der Waals surface area contributed by atoms with Gasteiger partial charge in [0.1, 0.15) is 5.82 Å². The van der Waals surface area contributed by atoms with Crippen molar-refractivity contribution < 1.29 is 17.6 Å². The zero-order valence-corrected chi connectivity index (χ0v) is 13.1. The van der Waals surface area contributed by atoms with Gasteiger partial charge in [-0.05, 0) is 48.1 Å². The summed E-state index contributed by atoms with van der Waals surface area (Å²) in [6.07, 6.45) is -4.55. The summed E-state index contributed by atoms with van der Waals surface area (Å²) >= 11 is 10.7. The molecule has 0 spiro atoms. The van der Waals surface area contributed by atoms with Crippen molar-refractivity contribution in [3.8, 4) is 0 Å². The molecule has 0 saturated heterocycles. The van der Waals surface area contributed by atoms with Crippen LogP contribution in [0.4, 0.5) is 23.2 Å². The highest BCUT2D eigenvalue weighted by atomic mass is 35.5. The summed E-state index contributed by atoms with van der Waals surface area (Å²) < 4.78 is 51.5. The maximum atomic E-state index is 13.6. The van der Waals surface area contributed by atoms with Crippen molar-refractivity contribution in [3.63, 3.8) is 0 Å². The summed E-state index contributed by atoms with van der Waals surface area (Å²) in [5.74, 6) is -0.825. The molecular weight excluding hydrogens is 352 g/mol. The Kier molecular flexibility index (Phi) is 5.43. The third kappa shape index (κ3) is 5.07. The zero-order valence-electron chi connectivity index (χ0n) is 11.5. The first-order chi connectivity index (χ1) is 10.8. The van der Waals surface area contributed by atoms with E-state index >= 15 is 0 Å². The molecule has 0 atom stereocenters. The number of hydrogen-bond acceptors (Lipinski definition) is 1. The lowest BCUT2D eigenvalue weighted by atomic mass is 10.2. The molecule has 0 aliphatic heterocycles. The summed E-state index contributed by atoms with van der Waals surface area (Å²) in [6.45, 7) is 0.323. The van der Waals surface area contributed by atoms with Crippen LogP contribution in [0.5, 0.6) is 0 Å². The lowest BCUT2D eigenvalue weighted by Crippen LogP contribution is -2.28. The first-order valence-corrected chi connectivity index (χ1v) is 7.20. The molecule has 122 valence electrons. The van der Waals surface area contributed by atoms with Gasteiger partial charge in [-0.1, -0.05) is 23.7 Å². The fourth-order valence-electron chi connectivity index (χ4n) is 1.75. The third-order valence-corrected chi connectivity index (χ3v) is 3.41. The molecule has 0 aromatic heterocycles. The normalized spacial score (nSPS) is 11.2. The van der Waals surface area contributed by atoms with Gasteiger partial charge in [0.15, 0.2) is 5.11 Å². The number of anilines is 1. The second kappa shape index (κ2) is 7.14. The quantitative estimate of drug-likeness (QED) is 0.594. The van der Waals surface area contributed by atoms with Crippen molar-refractivity contribution in [3.05, 3.63) is 64.4 Å². The standard InChI is InChI=1S/C15H11ClF4N2S/c16-11-4-1-9(2-5-11)8-21-14(23)22-13-7-10(15(18,19)20)3-6-12(13)17/h1-7H,8H2,(H2,21,22,23). The number of benzene rings is 2. The van der Waals surface area contributed by atoms with E-state index in [2.05, 4.69) is 10.6 Å². The van der Waals surface area contributed by atoms with Crippen LogP contribution in [-0.2, 0) is 12.7 Å². The largest absolute Gasteiger partial charge is 0.416 e.